The fraction of sp³-hybridized carbons (Fsp3) is 0.235. The van der Waals surface area contributed by atoms with Crippen LogP contribution < -0.4 is 15.0 Å². The van der Waals surface area contributed by atoms with E-state index in [-0.39, 0.29) is 16.6 Å². The van der Waals surface area contributed by atoms with Gasteiger partial charge in [-0.05, 0) is 25.1 Å². The van der Waals surface area contributed by atoms with Crippen LogP contribution in [0.2, 0.25) is 10.0 Å². The Hall–Kier alpha value is -2.09. The van der Waals surface area contributed by atoms with Crippen LogP contribution in [0.1, 0.15) is 12.6 Å². The number of benzene rings is 1. The van der Waals surface area contributed by atoms with E-state index in [1.807, 2.05) is 30.5 Å². The van der Waals surface area contributed by atoms with E-state index in [0.29, 0.717) is 23.8 Å². The Morgan fingerprint density at radius 1 is 1.27 bits per heavy atom. The summed E-state index contributed by atoms with van der Waals surface area (Å²) in [6.07, 6.45) is 1.34. The molecule has 0 spiro atoms. The van der Waals surface area contributed by atoms with Crippen molar-refractivity contribution in [1.82, 2.24) is 14.8 Å². The minimum absolute atomic E-state index is 0.0478. The average molecular weight is 412 g/mol. The second kappa shape index (κ2) is 8.07. The van der Waals surface area contributed by atoms with Crippen LogP contribution in [-0.4, -0.2) is 28.5 Å². The number of thiazole rings is 1. The molecule has 1 aromatic carbocycles. The Morgan fingerprint density at radius 2 is 2.08 bits per heavy atom. The van der Waals surface area contributed by atoms with Crippen LogP contribution in [0.5, 0.6) is 11.5 Å². The summed E-state index contributed by atoms with van der Waals surface area (Å²) in [4.78, 5) is 16.6. The van der Waals surface area contributed by atoms with Gasteiger partial charge in [-0.1, -0.05) is 23.2 Å². The van der Waals surface area contributed by atoms with E-state index < -0.39 is 5.56 Å². The molecule has 26 heavy (non-hydrogen) atoms. The zero-order valence-electron chi connectivity index (χ0n) is 14.0. The summed E-state index contributed by atoms with van der Waals surface area (Å²) in [5.74, 6) is 1.32. The van der Waals surface area contributed by atoms with E-state index in [9.17, 15) is 4.79 Å². The first-order valence-corrected chi connectivity index (χ1v) is 9.33. The number of rotatable bonds is 6. The lowest BCUT2D eigenvalue weighted by Crippen LogP contribution is -2.23. The molecule has 2 aromatic heterocycles. The zero-order valence-corrected chi connectivity index (χ0v) is 16.4. The maximum Gasteiger partial charge on any atom is 0.287 e. The molecule has 6 nitrogen and oxygen atoms in total. The van der Waals surface area contributed by atoms with Crippen molar-refractivity contribution in [1.29, 1.82) is 0 Å². The molecule has 0 bridgehead atoms. The van der Waals surface area contributed by atoms with Gasteiger partial charge in [0.15, 0.2) is 11.5 Å². The average Bonchev–Trinajstić information content (AvgIpc) is 3.11. The predicted molar refractivity (Wildman–Crippen MR) is 103 cm³/mol. The first-order valence-electron chi connectivity index (χ1n) is 7.70. The van der Waals surface area contributed by atoms with Crippen LogP contribution in [-0.2, 0) is 6.54 Å². The van der Waals surface area contributed by atoms with Crippen molar-refractivity contribution in [3.63, 3.8) is 0 Å². The Labute approximate surface area is 163 Å². The van der Waals surface area contributed by atoms with Crippen LogP contribution in [0.25, 0.3) is 10.6 Å². The van der Waals surface area contributed by atoms with Crippen molar-refractivity contribution in [2.45, 2.75) is 13.5 Å². The fourth-order valence-corrected chi connectivity index (χ4v) is 3.38. The summed E-state index contributed by atoms with van der Waals surface area (Å²) >= 11 is 13.1. The van der Waals surface area contributed by atoms with E-state index in [2.05, 4.69) is 10.1 Å². The van der Waals surface area contributed by atoms with Crippen LogP contribution in [0.3, 0.4) is 0 Å². The van der Waals surface area contributed by atoms with Gasteiger partial charge >= 0.3 is 0 Å². The van der Waals surface area contributed by atoms with Gasteiger partial charge in [-0.15, -0.1) is 11.3 Å². The predicted octanol–water partition coefficient (Wildman–Crippen LogP) is 4.13. The van der Waals surface area contributed by atoms with Gasteiger partial charge in [-0.3, -0.25) is 4.79 Å². The van der Waals surface area contributed by atoms with E-state index in [1.54, 1.807) is 7.11 Å². The molecular formula is C17H15Cl2N3O3S. The number of ether oxygens (including phenoxy) is 2. The standard InChI is InChI=1S/C17H15Cl2N3O3S/c1-3-25-13-5-4-10(6-14(13)24-2)16-21-11(9-26-16)8-22-17(23)15(19)12(18)7-20-22/h4-7,9H,3,8H2,1-2H3. The van der Waals surface area contributed by atoms with Gasteiger partial charge in [0.1, 0.15) is 10.0 Å². The van der Waals surface area contributed by atoms with Gasteiger partial charge in [-0.2, -0.15) is 5.10 Å². The molecule has 3 rings (SSSR count). The quantitative estimate of drug-likeness (QED) is 0.609. The molecule has 9 heteroatoms. The number of halogens is 2. The van der Waals surface area contributed by atoms with Crippen LogP contribution in [0.15, 0.2) is 34.6 Å². The topological polar surface area (TPSA) is 66.2 Å². The molecule has 0 aliphatic rings. The minimum atomic E-state index is -0.448. The molecule has 0 aliphatic heterocycles. The van der Waals surface area contributed by atoms with E-state index in [4.69, 9.17) is 32.7 Å². The van der Waals surface area contributed by atoms with Crippen LogP contribution >= 0.6 is 34.5 Å². The third-order valence-corrected chi connectivity index (χ3v) is 5.21. The van der Waals surface area contributed by atoms with E-state index in [1.165, 1.54) is 22.2 Å². The lowest BCUT2D eigenvalue weighted by molar-refractivity contribution is 0.311. The molecule has 136 valence electrons. The summed E-state index contributed by atoms with van der Waals surface area (Å²) in [5, 5.41) is 6.75. The van der Waals surface area contributed by atoms with Crippen molar-refractivity contribution in [2.75, 3.05) is 13.7 Å². The molecule has 0 fully saturated rings. The van der Waals surface area contributed by atoms with Gasteiger partial charge in [0.2, 0.25) is 0 Å². The van der Waals surface area contributed by atoms with Crippen LogP contribution in [0, 0.1) is 0 Å². The highest BCUT2D eigenvalue weighted by atomic mass is 35.5. The van der Waals surface area contributed by atoms with Crippen molar-refractivity contribution in [3.05, 3.63) is 55.9 Å². The molecule has 3 aromatic rings. The highest BCUT2D eigenvalue weighted by molar-refractivity contribution is 7.13. The Balaban J connectivity index is 1.86. The molecular weight excluding hydrogens is 397 g/mol. The SMILES string of the molecule is CCOc1ccc(-c2nc(Cn3ncc(Cl)c(Cl)c3=O)cs2)cc1OC. The van der Waals surface area contributed by atoms with Gasteiger partial charge in [0.25, 0.3) is 5.56 Å². The third-order valence-electron chi connectivity index (χ3n) is 3.52. The number of hydrogen-bond donors (Lipinski definition) is 0. The molecule has 0 amide bonds. The molecule has 2 heterocycles. The highest BCUT2D eigenvalue weighted by Crippen LogP contribution is 2.33. The number of aromatic nitrogens is 3. The Morgan fingerprint density at radius 3 is 2.81 bits per heavy atom. The maximum atomic E-state index is 12.1. The second-order valence-corrected chi connectivity index (χ2v) is 6.86. The minimum Gasteiger partial charge on any atom is -0.493 e. The summed E-state index contributed by atoms with van der Waals surface area (Å²) in [7, 11) is 1.59. The van der Waals surface area contributed by atoms with Crippen molar-refractivity contribution in [2.24, 2.45) is 0 Å². The van der Waals surface area contributed by atoms with Gasteiger partial charge < -0.3 is 9.47 Å². The largest absolute Gasteiger partial charge is 0.493 e. The molecule has 0 saturated carbocycles. The molecule has 0 N–H and O–H groups in total. The summed E-state index contributed by atoms with van der Waals surface area (Å²) in [5.41, 5.74) is 1.15. The van der Waals surface area contributed by atoms with E-state index >= 15 is 0 Å². The summed E-state index contributed by atoms with van der Waals surface area (Å²) in [6.45, 7) is 2.68. The molecule has 0 atom stereocenters. The lowest BCUT2D eigenvalue weighted by atomic mass is 10.2. The number of nitrogens with zero attached hydrogens (tertiary/aromatic N) is 3. The maximum absolute atomic E-state index is 12.1. The molecule has 0 radical (unpaired) electrons. The van der Waals surface area contributed by atoms with Crippen molar-refractivity contribution in [3.8, 4) is 22.1 Å². The highest BCUT2D eigenvalue weighted by Gasteiger charge is 2.12. The smallest absolute Gasteiger partial charge is 0.287 e. The van der Waals surface area contributed by atoms with E-state index in [0.717, 1.165) is 10.6 Å². The van der Waals surface area contributed by atoms with Crippen LogP contribution in [0.4, 0.5) is 0 Å². The third kappa shape index (κ3) is 3.85. The Kier molecular flexibility index (Phi) is 5.80. The molecule has 0 saturated heterocycles. The first-order chi connectivity index (χ1) is 12.5. The summed E-state index contributed by atoms with van der Waals surface area (Å²) in [6, 6.07) is 5.64. The normalized spacial score (nSPS) is 10.8. The van der Waals surface area contributed by atoms with Gasteiger partial charge in [0, 0.05) is 10.9 Å². The fourth-order valence-electron chi connectivity index (χ4n) is 2.30. The lowest BCUT2D eigenvalue weighted by Gasteiger charge is -2.10. The van der Waals surface area contributed by atoms with Gasteiger partial charge in [-0.25, -0.2) is 9.67 Å². The summed E-state index contributed by atoms with van der Waals surface area (Å²) < 4.78 is 12.1. The Bertz CT molecular complexity index is 988. The number of methoxy groups -OCH3 is 1. The monoisotopic (exact) mass is 411 g/mol. The molecule has 0 unspecified atom stereocenters. The second-order valence-electron chi connectivity index (χ2n) is 5.21. The molecule has 0 aliphatic carbocycles. The van der Waals surface area contributed by atoms with Gasteiger partial charge in [0.05, 0.1) is 37.2 Å². The van der Waals surface area contributed by atoms with Crippen molar-refractivity contribution >= 4 is 34.5 Å². The number of hydrogen-bond acceptors (Lipinski definition) is 6. The van der Waals surface area contributed by atoms with Crippen molar-refractivity contribution < 1.29 is 9.47 Å². The zero-order chi connectivity index (χ0) is 18.7. The first kappa shape index (κ1) is 18.7.